The molecule has 0 aliphatic carbocycles. The van der Waals surface area contributed by atoms with E-state index in [-0.39, 0.29) is 11.4 Å². The lowest BCUT2D eigenvalue weighted by molar-refractivity contribution is 0.365. The first-order chi connectivity index (χ1) is 9.48. The molecule has 0 bridgehead atoms. The first kappa shape index (κ1) is 15.2. The van der Waals surface area contributed by atoms with Crippen molar-refractivity contribution in [2.75, 3.05) is 23.6 Å². The maximum absolute atomic E-state index is 13.4. The molecule has 1 aliphatic rings. The topological polar surface area (TPSA) is 58.2 Å². The third-order valence-electron chi connectivity index (χ3n) is 3.47. The highest BCUT2D eigenvalue weighted by atomic mass is 32.2. The zero-order chi connectivity index (χ0) is 14.6. The largest absolute Gasteiger partial charge is 0.317 e. The molecule has 2 N–H and O–H groups in total. The highest BCUT2D eigenvalue weighted by molar-refractivity contribution is 7.92. The number of halogens is 2. The van der Waals surface area contributed by atoms with Crippen LogP contribution < -0.4 is 10.0 Å². The Kier molecular flexibility index (Phi) is 4.93. The van der Waals surface area contributed by atoms with Crippen LogP contribution in [0.25, 0.3) is 0 Å². The van der Waals surface area contributed by atoms with Gasteiger partial charge in [-0.25, -0.2) is 17.2 Å². The number of sulfonamides is 1. The van der Waals surface area contributed by atoms with E-state index in [1.165, 1.54) is 12.1 Å². The van der Waals surface area contributed by atoms with Gasteiger partial charge < -0.3 is 5.32 Å². The van der Waals surface area contributed by atoms with Crippen molar-refractivity contribution >= 4 is 15.7 Å². The molecule has 20 heavy (non-hydrogen) atoms. The fourth-order valence-corrected chi connectivity index (χ4v) is 3.53. The summed E-state index contributed by atoms with van der Waals surface area (Å²) in [6.45, 7) is 1.80. The molecule has 0 saturated carbocycles. The van der Waals surface area contributed by atoms with E-state index in [0.717, 1.165) is 32.0 Å². The van der Waals surface area contributed by atoms with Gasteiger partial charge in [0.15, 0.2) is 11.6 Å². The van der Waals surface area contributed by atoms with Gasteiger partial charge in [-0.15, -0.1) is 0 Å². The predicted molar refractivity (Wildman–Crippen MR) is 74.0 cm³/mol. The third-order valence-corrected chi connectivity index (χ3v) is 4.77. The van der Waals surface area contributed by atoms with E-state index >= 15 is 0 Å². The zero-order valence-electron chi connectivity index (χ0n) is 11.0. The molecule has 1 heterocycles. The molecule has 0 spiro atoms. The van der Waals surface area contributed by atoms with Gasteiger partial charge in [0.1, 0.15) is 0 Å². The maximum Gasteiger partial charge on any atom is 0.232 e. The summed E-state index contributed by atoms with van der Waals surface area (Å²) >= 11 is 0. The minimum Gasteiger partial charge on any atom is -0.317 e. The summed E-state index contributed by atoms with van der Waals surface area (Å²) in [6, 6.07) is 3.42. The molecule has 0 radical (unpaired) electrons. The van der Waals surface area contributed by atoms with Gasteiger partial charge in [0.25, 0.3) is 0 Å². The zero-order valence-corrected chi connectivity index (χ0v) is 11.8. The molecular weight excluding hydrogens is 286 g/mol. The Morgan fingerprint density at radius 2 is 1.95 bits per heavy atom. The van der Waals surface area contributed by atoms with E-state index in [1.807, 2.05) is 0 Å². The molecule has 2 rings (SSSR count). The van der Waals surface area contributed by atoms with E-state index < -0.39 is 21.7 Å². The number of anilines is 1. The number of hydrogen-bond donors (Lipinski definition) is 2. The standard InChI is InChI=1S/C13H18F2N2O2S/c14-11-2-1-3-12(13(11)15)17-20(18,19)9-6-10-4-7-16-8-5-10/h1-3,10,16-17H,4-9H2. The van der Waals surface area contributed by atoms with Gasteiger partial charge in [-0.2, -0.15) is 0 Å². The van der Waals surface area contributed by atoms with E-state index in [2.05, 4.69) is 10.0 Å². The average Bonchev–Trinajstić information content (AvgIpc) is 2.43. The van der Waals surface area contributed by atoms with Crippen LogP contribution in [0.3, 0.4) is 0 Å². The van der Waals surface area contributed by atoms with Crippen LogP contribution in [0, 0.1) is 17.6 Å². The molecule has 0 amide bonds. The molecule has 1 aromatic rings. The second-order valence-electron chi connectivity index (χ2n) is 5.00. The number of nitrogens with one attached hydrogen (secondary N) is 2. The molecule has 0 atom stereocenters. The van der Waals surface area contributed by atoms with E-state index in [4.69, 9.17) is 0 Å². The van der Waals surface area contributed by atoms with Gasteiger partial charge in [0.05, 0.1) is 11.4 Å². The highest BCUT2D eigenvalue weighted by Gasteiger charge is 2.19. The van der Waals surface area contributed by atoms with Crippen LogP contribution in [0.4, 0.5) is 14.5 Å². The molecule has 4 nitrogen and oxygen atoms in total. The Labute approximate surface area is 117 Å². The molecule has 1 fully saturated rings. The lowest BCUT2D eigenvalue weighted by atomic mass is 9.96. The first-order valence-electron chi connectivity index (χ1n) is 6.63. The minimum absolute atomic E-state index is 0.0758. The summed E-state index contributed by atoms with van der Waals surface area (Å²) in [7, 11) is -3.65. The molecule has 1 aromatic carbocycles. The molecular formula is C13H18F2N2O2S. The second-order valence-corrected chi connectivity index (χ2v) is 6.85. The Hall–Kier alpha value is -1.21. The van der Waals surface area contributed by atoms with Crippen LogP contribution in [0.15, 0.2) is 18.2 Å². The first-order valence-corrected chi connectivity index (χ1v) is 8.28. The molecule has 112 valence electrons. The van der Waals surface area contributed by atoms with Crippen molar-refractivity contribution in [2.24, 2.45) is 5.92 Å². The summed E-state index contributed by atoms with van der Waals surface area (Å²) in [5.74, 6) is -1.94. The van der Waals surface area contributed by atoms with Gasteiger partial charge in [-0.05, 0) is 50.4 Å². The van der Waals surface area contributed by atoms with Gasteiger partial charge in [-0.3, -0.25) is 4.72 Å². The number of piperidine rings is 1. The summed E-state index contributed by atoms with van der Waals surface area (Å²) in [5, 5.41) is 3.21. The summed E-state index contributed by atoms with van der Waals surface area (Å²) in [4.78, 5) is 0. The van der Waals surface area contributed by atoms with E-state index in [9.17, 15) is 17.2 Å². The van der Waals surface area contributed by atoms with Gasteiger partial charge in [0, 0.05) is 0 Å². The lowest BCUT2D eigenvalue weighted by Crippen LogP contribution is -2.29. The summed E-state index contributed by atoms with van der Waals surface area (Å²) < 4.78 is 52.3. The van der Waals surface area contributed by atoms with Crippen LogP contribution in [-0.2, 0) is 10.0 Å². The van der Waals surface area contributed by atoms with Gasteiger partial charge in [-0.1, -0.05) is 6.07 Å². The van der Waals surface area contributed by atoms with Crippen molar-refractivity contribution in [3.8, 4) is 0 Å². The summed E-state index contributed by atoms with van der Waals surface area (Å²) in [6.07, 6.45) is 2.43. The lowest BCUT2D eigenvalue weighted by Gasteiger charge is -2.22. The Morgan fingerprint density at radius 1 is 1.25 bits per heavy atom. The average molecular weight is 304 g/mol. The predicted octanol–water partition coefficient (Wildman–Crippen LogP) is 2.10. The number of rotatable bonds is 5. The molecule has 1 aliphatic heterocycles. The normalized spacial score (nSPS) is 17.1. The number of hydrogen-bond acceptors (Lipinski definition) is 3. The van der Waals surface area contributed by atoms with Crippen molar-refractivity contribution in [2.45, 2.75) is 19.3 Å². The molecule has 0 aromatic heterocycles. The molecule has 1 saturated heterocycles. The molecule has 0 unspecified atom stereocenters. The minimum atomic E-state index is -3.65. The fourth-order valence-electron chi connectivity index (χ4n) is 2.29. The molecule has 7 heteroatoms. The van der Waals surface area contributed by atoms with Gasteiger partial charge >= 0.3 is 0 Å². The van der Waals surface area contributed by atoms with Gasteiger partial charge in [0.2, 0.25) is 10.0 Å². The third kappa shape index (κ3) is 4.14. The van der Waals surface area contributed by atoms with Crippen LogP contribution >= 0.6 is 0 Å². The van der Waals surface area contributed by atoms with Crippen LogP contribution in [0.1, 0.15) is 19.3 Å². The Morgan fingerprint density at radius 3 is 2.65 bits per heavy atom. The maximum atomic E-state index is 13.4. The second kappa shape index (κ2) is 6.49. The monoisotopic (exact) mass is 304 g/mol. The van der Waals surface area contributed by atoms with Crippen LogP contribution in [0.5, 0.6) is 0 Å². The van der Waals surface area contributed by atoms with Crippen molar-refractivity contribution in [1.29, 1.82) is 0 Å². The summed E-state index contributed by atoms with van der Waals surface area (Å²) in [5.41, 5.74) is -0.338. The highest BCUT2D eigenvalue weighted by Crippen LogP contribution is 2.20. The van der Waals surface area contributed by atoms with E-state index in [1.54, 1.807) is 0 Å². The van der Waals surface area contributed by atoms with Crippen molar-refractivity contribution < 1.29 is 17.2 Å². The van der Waals surface area contributed by atoms with Crippen LogP contribution in [0.2, 0.25) is 0 Å². The fraction of sp³-hybridized carbons (Fsp3) is 0.538. The number of benzene rings is 1. The smallest absolute Gasteiger partial charge is 0.232 e. The van der Waals surface area contributed by atoms with Crippen molar-refractivity contribution in [3.63, 3.8) is 0 Å². The van der Waals surface area contributed by atoms with Crippen molar-refractivity contribution in [1.82, 2.24) is 5.32 Å². The van der Waals surface area contributed by atoms with E-state index in [0.29, 0.717) is 12.3 Å². The quantitative estimate of drug-likeness (QED) is 0.876. The Balaban J connectivity index is 1.94. The van der Waals surface area contributed by atoms with Crippen molar-refractivity contribution in [3.05, 3.63) is 29.8 Å². The Bertz CT molecular complexity index is 557. The van der Waals surface area contributed by atoms with Crippen LogP contribution in [-0.4, -0.2) is 27.3 Å². The SMILES string of the molecule is O=S(=O)(CCC1CCNCC1)Nc1cccc(F)c1F.